The van der Waals surface area contributed by atoms with Crippen LogP contribution in [0.2, 0.25) is 0 Å². The van der Waals surface area contributed by atoms with Crippen molar-refractivity contribution >= 4 is 11.8 Å². The summed E-state index contributed by atoms with van der Waals surface area (Å²) in [5, 5.41) is 19.0. The highest BCUT2D eigenvalue weighted by atomic mass is 19.3. The summed E-state index contributed by atoms with van der Waals surface area (Å²) in [5.74, 6) is -2.38. The molecule has 0 saturated heterocycles. The third kappa shape index (κ3) is 2.10. The van der Waals surface area contributed by atoms with Crippen LogP contribution in [-0.4, -0.2) is 21.0 Å². The summed E-state index contributed by atoms with van der Waals surface area (Å²) in [5.41, 5.74) is -1.90. The number of aromatic nitrogens is 1. The Bertz CT molecular complexity index is 462. The molecule has 0 aromatic carbocycles. The number of nitro groups is 1. The van der Waals surface area contributed by atoms with E-state index in [1.54, 1.807) is 0 Å². The second-order valence-electron chi connectivity index (χ2n) is 2.92. The second kappa shape index (κ2) is 4.17. The predicted octanol–water partition coefficient (Wildman–Crippen LogP) is 1.93. The quantitative estimate of drug-likeness (QED) is 0.634. The Morgan fingerprint density at radius 3 is 2.56 bits per heavy atom. The van der Waals surface area contributed by atoms with E-state index in [-0.39, 0.29) is 5.56 Å². The number of nitrogens with zero attached hydrogens (tertiary/aromatic N) is 2. The molecule has 1 N–H and O–H groups in total. The lowest BCUT2D eigenvalue weighted by Gasteiger charge is -2.03. The summed E-state index contributed by atoms with van der Waals surface area (Å²) in [6, 6.07) is 0.843. The Morgan fingerprint density at radius 1 is 1.62 bits per heavy atom. The smallest absolute Gasteiger partial charge is 0.364 e. The van der Waals surface area contributed by atoms with Gasteiger partial charge in [0.25, 0.3) is 0 Å². The van der Waals surface area contributed by atoms with E-state index >= 15 is 0 Å². The minimum Gasteiger partial charge on any atom is -0.478 e. The first-order valence-electron chi connectivity index (χ1n) is 4.02. The van der Waals surface area contributed by atoms with Crippen LogP contribution < -0.4 is 0 Å². The van der Waals surface area contributed by atoms with Crippen molar-refractivity contribution in [1.82, 2.24) is 4.98 Å². The van der Waals surface area contributed by atoms with Gasteiger partial charge in [0, 0.05) is 6.07 Å². The maximum atomic E-state index is 12.5. The second-order valence-corrected chi connectivity index (χ2v) is 2.92. The van der Waals surface area contributed by atoms with Crippen LogP contribution in [0.3, 0.4) is 0 Å². The Balaban J connectivity index is 3.51. The van der Waals surface area contributed by atoms with Gasteiger partial charge in [-0.1, -0.05) is 0 Å². The van der Waals surface area contributed by atoms with Crippen molar-refractivity contribution in [3.05, 3.63) is 33.0 Å². The van der Waals surface area contributed by atoms with Crippen LogP contribution in [0.1, 0.15) is 28.0 Å². The molecule has 0 spiro atoms. The molecule has 0 aliphatic heterocycles. The van der Waals surface area contributed by atoms with Gasteiger partial charge in [-0.2, -0.15) is 0 Å². The van der Waals surface area contributed by atoms with Gasteiger partial charge >= 0.3 is 18.2 Å². The van der Waals surface area contributed by atoms with Crippen molar-refractivity contribution in [2.45, 2.75) is 13.3 Å². The molecule has 0 bridgehead atoms. The summed E-state index contributed by atoms with van der Waals surface area (Å²) in [6.07, 6.45) is -3.18. The zero-order valence-electron chi connectivity index (χ0n) is 7.98. The van der Waals surface area contributed by atoms with Gasteiger partial charge in [0.15, 0.2) is 0 Å². The number of halogens is 2. The van der Waals surface area contributed by atoms with E-state index in [4.69, 9.17) is 5.11 Å². The van der Waals surface area contributed by atoms with Crippen molar-refractivity contribution in [3.63, 3.8) is 0 Å². The standard InChI is InChI=1S/C8H6F2N2O4/c1-3-2-4(12(15)16)11-6(7(9)10)5(3)8(13)14/h2,7H,1H3,(H,13,14). The molecule has 86 valence electrons. The van der Waals surface area contributed by atoms with Crippen LogP contribution in [0.25, 0.3) is 0 Å². The number of aromatic carboxylic acids is 1. The average molecular weight is 232 g/mol. The van der Waals surface area contributed by atoms with E-state index in [0.29, 0.717) is 0 Å². The van der Waals surface area contributed by atoms with Gasteiger partial charge in [0.1, 0.15) is 5.56 Å². The molecule has 1 rings (SSSR count). The van der Waals surface area contributed by atoms with Crippen LogP contribution in [0.4, 0.5) is 14.6 Å². The molecule has 0 amide bonds. The lowest BCUT2D eigenvalue weighted by Crippen LogP contribution is -2.10. The van der Waals surface area contributed by atoms with Crippen molar-refractivity contribution in [2.75, 3.05) is 0 Å². The van der Waals surface area contributed by atoms with Crippen LogP contribution in [0.15, 0.2) is 6.07 Å². The first-order valence-corrected chi connectivity index (χ1v) is 4.02. The molecule has 0 aliphatic rings. The molecule has 1 heterocycles. The molecule has 0 unspecified atom stereocenters. The number of hydrogen-bond acceptors (Lipinski definition) is 4. The molecule has 16 heavy (non-hydrogen) atoms. The van der Waals surface area contributed by atoms with E-state index in [1.807, 2.05) is 0 Å². The first-order chi connectivity index (χ1) is 7.34. The Morgan fingerprint density at radius 2 is 2.19 bits per heavy atom. The molecule has 6 nitrogen and oxygen atoms in total. The summed E-state index contributed by atoms with van der Waals surface area (Å²) in [4.78, 5) is 23.1. The number of rotatable bonds is 3. The number of hydrogen-bond donors (Lipinski definition) is 1. The summed E-state index contributed by atoms with van der Waals surface area (Å²) >= 11 is 0. The van der Waals surface area contributed by atoms with E-state index in [1.165, 1.54) is 6.92 Å². The fourth-order valence-electron chi connectivity index (χ4n) is 1.21. The number of carboxylic acids is 1. The van der Waals surface area contributed by atoms with Crippen molar-refractivity contribution < 1.29 is 23.6 Å². The minimum absolute atomic E-state index is 0.121. The summed E-state index contributed by atoms with van der Waals surface area (Å²) < 4.78 is 24.9. The van der Waals surface area contributed by atoms with Gasteiger partial charge in [0.2, 0.25) is 5.69 Å². The van der Waals surface area contributed by atoms with Crippen LogP contribution in [0, 0.1) is 17.0 Å². The fourth-order valence-corrected chi connectivity index (χ4v) is 1.21. The fraction of sp³-hybridized carbons (Fsp3) is 0.250. The Labute approximate surface area is 87.7 Å². The van der Waals surface area contributed by atoms with Gasteiger partial charge in [-0.15, -0.1) is 0 Å². The normalized spacial score (nSPS) is 10.5. The molecule has 0 saturated carbocycles. The van der Waals surface area contributed by atoms with E-state index in [9.17, 15) is 23.7 Å². The number of pyridine rings is 1. The number of carboxylic acid groups (broad SMARTS) is 1. The highest BCUT2D eigenvalue weighted by Gasteiger charge is 2.29. The van der Waals surface area contributed by atoms with Crippen LogP contribution in [0.5, 0.6) is 0 Å². The number of aryl methyl sites for hydroxylation is 1. The van der Waals surface area contributed by atoms with Crippen LogP contribution >= 0.6 is 0 Å². The monoisotopic (exact) mass is 232 g/mol. The molecular weight excluding hydrogens is 226 g/mol. The number of alkyl halides is 2. The van der Waals surface area contributed by atoms with E-state index in [2.05, 4.69) is 4.98 Å². The Hall–Kier alpha value is -2.12. The van der Waals surface area contributed by atoms with Crippen molar-refractivity contribution in [2.24, 2.45) is 0 Å². The topological polar surface area (TPSA) is 93.3 Å². The Kier molecular flexibility index (Phi) is 3.11. The maximum Gasteiger partial charge on any atom is 0.364 e. The zero-order chi connectivity index (χ0) is 12.5. The van der Waals surface area contributed by atoms with Crippen LogP contribution in [-0.2, 0) is 0 Å². The van der Waals surface area contributed by atoms with Crippen molar-refractivity contribution in [3.8, 4) is 0 Å². The lowest BCUT2D eigenvalue weighted by molar-refractivity contribution is -0.389. The lowest BCUT2D eigenvalue weighted by atomic mass is 10.1. The van der Waals surface area contributed by atoms with E-state index in [0.717, 1.165) is 6.07 Å². The minimum atomic E-state index is -3.18. The summed E-state index contributed by atoms with van der Waals surface area (Å²) in [6.45, 7) is 1.20. The van der Waals surface area contributed by atoms with Gasteiger partial charge in [-0.3, -0.25) is 0 Å². The molecule has 0 fully saturated rings. The molecule has 0 aliphatic carbocycles. The maximum absolute atomic E-state index is 12.5. The molecule has 0 radical (unpaired) electrons. The van der Waals surface area contributed by atoms with Gasteiger partial charge in [0.05, 0.1) is 0 Å². The first kappa shape index (κ1) is 12.0. The molecule has 1 aromatic rings. The van der Waals surface area contributed by atoms with E-state index < -0.39 is 34.4 Å². The van der Waals surface area contributed by atoms with Gasteiger partial charge in [-0.05, 0) is 22.4 Å². The summed E-state index contributed by atoms with van der Waals surface area (Å²) in [7, 11) is 0. The highest BCUT2D eigenvalue weighted by Crippen LogP contribution is 2.26. The molecule has 0 atom stereocenters. The molecular formula is C8H6F2N2O4. The van der Waals surface area contributed by atoms with Gasteiger partial charge < -0.3 is 15.2 Å². The molecule has 1 aromatic heterocycles. The largest absolute Gasteiger partial charge is 0.478 e. The predicted molar refractivity (Wildman–Crippen MR) is 47.5 cm³/mol. The third-order valence-corrected chi connectivity index (χ3v) is 1.84. The SMILES string of the molecule is Cc1cc([N+](=O)[O-])nc(C(F)F)c1C(=O)O. The third-order valence-electron chi connectivity index (χ3n) is 1.84. The zero-order valence-corrected chi connectivity index (χ0v) is 7.98. The highest BCUT2D eigenvalue weighted by molar-refractivity contribution is 5.90. The van der Waals surface area contributed by atoms with Gasteiger partial charge in [-0.25, -0.2) is 13.6 Å². The number of carbonyl (C=O) groups is 1. The van der Waals surface area contributed by atoms with Crippen molar-refractivity contribution in [1.29, 1.82) is 0 Å². The average Bonchev–Trinajstić information content (AvgIpc) is 2.15. The molecule has 8 heteroatoms.